The molecular formula is C23H15FO5. The molecule has 6 heteroatoms. The fourth-order valence-corrected chi connectivity index (χ4v) is 2.92. The molecule has 29 heavy (non-hydrogen) atoms. The molecule has 5 nitrogen and oxygen atoms in total. The van der Waals surface area contributed by atoms with E-state index in [1.807, 2.05) is 0 Å². The highest BCUT2D eigenvalue weighted by Gasteiger charge is 2.28. The van der Waals surface area contributed by atoms with E-state index in [4.69, 9.17) is 14.2 Å². The van der Waals surface area contributed by atoms with Crippen LogP contribution in [0, 0.1) is 5.82 Å². The van der Waals surface area contributed by atoms with Gasteiger partial charge in [0.1, 0.15) is 28.6 Å². The molecule has 144 valence electrons. The van der Waals surface area contributed by atoms with Crippen LogP contribution in [0.4, 0.5) is 4.39 Å². The van der Waals surface area contributed by atoms with Crippen LogP contribution in [-0.2, 0) is 0 Å². The minimum Gasteiger partial charge on any atom is -0.496 e. The second-order valence-electron chi connectivity index (χ2n) is 6.24. The van der Waals surface area contributed by atoms with Crippen LogP contribution in [-0.4, -0.2) is 18.9 Å². The van der Waals surface area contributed by atoms with E-state index in [9.17, 15) is 14.0 Å². The number of carbonyl (C=O) groups is 2. The number of hydrogen-bond donors (Lipinski definition) is 0. The standard InChI is InChI=1S/C23H15FO5/c1-27-19-5-3-2-4-18(19)23(26)28-16-10-11-17-20(13-16)29-21(22(17)25)12-14-6-8-15(24)9-7-14/h2-13H,1H3/b21-12+. The summed E-state index contributed by atoms with van der Waals surface area (Å²) in [6.45, 7) is 0. The molecule has 0 N–H and O–H groups in total. The first-order valence-electron chi connectivity index (χ1n) is 8.74. The monoisotopic (exact) mass is 390 g/mol. The second-order valence-corrected chi connectivity index (χ2v) is 6.24. The van der Waals surface area contributed by atoms with Crippen LogP contribution >= 0.6 is 0 Å². The molecule has 1 aliphatic rings. The number of esters is 1. The van der Waals surface area contributed by atoms with Gasteiger partial charge in [0.2, 0.25) is 5.78 Å². The molecule has 0 aromatic heterocycles. The average Bonchev–Trinajstić information content (AvgIpc) is 3.04. The Bertz CT molecular complexity index is 1130. The first-order chi connectivity index (χ1) is 14.0. The number of methoxy groups -OCH3 is 1. The summed E-state index contributed by atoms with van der Waals surface area (Å²) < 4.78 is 29.2. The van der Waals surface area contributed by atoms with Gasteiger partial charge in [-0.3, -0.25) is 4.79 Å². The number of carbonyl (C=O) groups excluding carboxylic acids is 2. The van der Waals surface area contributed by atoms with E-state index < -0.39 is 5.97 Å². The Kier molecular flexibility index (Phi) is 4.83. The van der Waals surface area contributed by atoms with Crippen molar-refractivity contribution in [2.24, 2.45) is 0 Å². The van der Waals surface area contributed by atoms with Crippen LogP contribution in [0.3, 0.4) is 0 Å². The molecule has 4 rings (SSSR count). The Morgan fingerprint density at radius 2 is 1.79 bits per heavy atom. The van der Waals surface area contributed by atoms with Gasteiger partial charge in [0.15, 0.2) is 5.76 Å². The number of para-hydroxylation sites is 1. The minimum atomic E-state index is -0.589. The lowest BCUT2D eigenvalue weighted by Crippen LogP contribution is -2.10. The van der Waals surface area contributed by atoms with Gasteiger partial charge < -0.3 is 14.2 Å². The van der Waals surface area contributed by atoms with Crippen molar-refractivity contribution in [2.45, 2.75) is 0 Å². The van der Waals surface area contributed by atoms with E-state index in [1.165, 1.54) is 43.5 Å². The zero-order valence-corrected chi connectivity index (χ0v) is 15.3. The molecule has 0 radical (unpaired) electrons. The van der Waals surface area contributed by atoms with Crippen molar-refractivity contribution in [3.8, 4) is 17.2 Å². The van der Waals surface area contributed by atoms with Crippen molar-refractivity contribution < 1.29 is 28.2 Å². The van der Waals surface area contributed by atoms with Crippen molar-refractivity contribution in [1.82, 2.24) is 0 Å². The van der Waals surface area contributed by atoms with E-state index in [0.29, 0.717) is 16.9 Å². The van der Waals surface area contributed by atoms with Crippen LogP contribution in [0.1, 0.15) is 26.3 Å². The summed E-state index contributed by atoms with van der Waals surface area (Å²) in [6, 6.07) is 16.9. The van der Waals surface area contributed by atoms with Crippen LogP contribution < -0.4 is 14.2 Å². The number of ketones is 1. The highest BCUT2D eigenvalue weighted by Crippen LogP contribution is 2.35. The number of benzene rings is 3. The van der Waals surface area contributed by atoms with Gasteiger partial charge in [-0.1, -0.05) is 24.3 Å². The summed E-state index contributed by atoms with van der Waals surface area (Å²) in [6.07, 6.45) is 1.53. The van der Waals surface area contributed by atoms with Gasteiger partial charge in [-0.05, 0) is 48.0 Å². The summed E-state index contributed by atoms with van der Waals surface area (Å²) in [5.41, 5.74) is 1.27. The van der Waals surface area contributed by atoms with E-state index in [-0.39, 0.29) is 34.4 Å². The minimum absolute atomic E-state index is 0.111. The van der Waals surface area contributed by atoms with Gasteiger partial charge in [0, 0.05) is 6.07 Å². The zero-order chi connectivity index (χ0) is 20.4. The van der Waals surface area contributed by atoms with Gasteiger partial charge in [-0.15, -0.1) is 0 Å². The molecule has 0 bridgehead atoms. The Balaban J connectivity index is 1.56. The van der Waals surface area contributed by atoms with Gasteiger partial charge >= 0.3 is 5.97 Å². The molecule has 0 spiro atoms. The van der Waals surface area contributed by atoms with Crippen molar-refractivity contribution >= 4 is 17.8 Å². The first kappa shape index (κ1) is 18.4. The summed E-state index contributed by atoms with van der Waals surface area (Å²) in [4.78, 5) is 25.0. The van der Waals surface area contributed by atoms with Gasteiger partial charge in [-0.25, -0.2) is 9.18 Å². The molecule has 0 saturated heterocycles. The molecule has 3 aromatic carbocycles. The van der Waals surface area contributed by atoms with Gasteiger partial charge in [0.25, 0.3) is 0 Å². The Morgan fingerprint density at radius 1 is 1.03 bits per heavy atom. The molecule has 1 aliphatic heterocycles. The number of ether oxygens (including phenoxy) is 3. The third-order valence-electron chi connectivity index (χ3n) is 4.35. The molecule has 0 fully saturated rings. The average molecular weight is 390 g/mol. The maximum absolute atomic E-state index is 13.0. The smallest absolute Gasteiger partial charge is 0.347 e. The summed E-state index contributed by atoms with van der Waals surface area (Å²) in [5.74, 6) is -0.227. The molecule has 0 aliphatic carbocycles. The molecule has 1 heterocycles. The number of hydrogen-bond acceptors (Lipinski definition) is 5. The largest absolute Gasteiger partial charge is 0.496 e. The quantitative estimate of drug-likeness (QED) is 0.368. The number of halogens is 1. The Morgan fingerprint density at radius 3 is 2.55 bits per heavy atom. The van der Waals surface area contributed by atoms with Gasteiger partial charge in [-0.2, -0.15) is 0 Å². The van der Waals surface area contributed by atoms with E-state index in [1.54, 1.807) is 36.4 Å². The molecule has 3 aromatic rings. The maximum atomic E-state index is 13.0. The normalized spacial score (nSPS) is 13.7. The van der Waals surface area contributed by atoms with Crippen LogP contribution in [0.15, 0.2) is 72.5 Å². The van der Waals surface area contributed by atoms with Crippen molar-refractivity contribution in [2.75, 3.05) is 7.11 Å². The molecular weight excluding hydrogens is 375 g/mol. The number of rotatable bonds is 4. The summed E-state index contributed by atoms with van der Waals surface area (Å²) >= 11 is 0. The lowest BCUT2D eigenvalue weighted by molar-refractivity contribution is 0.0731. The summed E-state index contributed by atoms with van der Waals surface area (Å²) in [5, 5.41) is 0. The van der Waals surface area contributed by atoms with Crippen molar-refractivity contribution in [3.05, 3.63) is 95.0 Å². The fraction of sp³-hybridized carbons (Fsp3) is 0.0435. The van der Waals surface area contributed by atoms with Crippen molar-refractivity contribution in [1.29, 1.82) is 0 Å². The number of Topliss-reactive ketones (excluding diaryl/α,β-unsaturated/α-hetero) is 1. The lowest BCUT2D eigenvalue weighted by Gasteiger charge is -2.08. The first-order valence-corrected chi connectivity index (χ1v) is 8.74. The maximum Gasteiger partial charge on any atom is 0.347 e. The fourth-order valence-electron chi connectivity index (χ4n) is 2.92. The molecule has 0 atom stereocenters. The third-order valence-corrected chi connectivity index (χ3v) is 4.35. The summed E-state index contributed by atoms with van der Waals surface area (Å²) in [7, 11) is 1.47. The van der Waals surface area contributed by atoms with Gasteiger partial charge in [0.05, 0.1) is 12.7 Å². The van der Waals surface area contributed by atoms with Crippen LogP contribution in [0.25, 0.3) is 6.08 Å². The van der Waals surface area contributed by atoms with E-state index >= 15 is 0 Å². The van der Waals surface area contributed by atoms with Crippen LogP contribution in [0.2, 0.25) is 0 Å². The Labute approximate surface area is 166 Å². The highest BCUT2D eigenvalue weighted by atomic mass is 19.1. The molecule has 0 amide bonds. The van der Waals surface area contributed by atoms with Crippen molar-refractivity contribution in [3.63, 3.8) is 0 Å². The van der Waals surface area contributed by atoms with E-state index in [0.717, 1.165) is 0 Å². The van der Waals surface area contributed by atoms with E-state index in [2.05, 4.69) is 0 Å². The zero-order valence-electron chi connectivity index (χ0n) is 15.3. The predicted octanol–water partition coefficient (Wildman–Crippen LogP) is 4.67. The SMILES string of the molecule is COc1ccccc1C(=O)Oc1ccc2c(c1)O/C(=C/c1ccc(F)cc1)C2=O. The third kappa shape index (κ3) is 3.73. The Hall–Kier alpha value is -3.93. The van der Waals surface area contributed by atoms with Crippen LogP contribution in [0.5, 0.6) is 17.2 Å². The molecule has 0 unspecified atom stereocenters. The predicted molar refractivity (Wildman–Crippen MR) is 104 cm³/mol. The molecule has 0 saturated carbocycles. The number of fused-ring (bicyclic) bond motifs is 1. The number of allylic oxidation sites excluding steroid dienone is 1. The topological polar surface area (TPSA) is 61.8 Å². The second kappa shape index (κ2) is 7.59. The highest BCUT2D eigenvalue weighted by molar-refractivity contribution is 6.14. The lowest BCUT2D eigenvalue weighted by atomic mass is 10.1.